The van der Waals surface area contributed by atoms with Crippen LogP contribution in [0.4, 0.5) is 4.39 Å². The Morgan fingerprint density at radius 1 is 1.33 bits per heavy atom. The first-order chi connectivity index (χ1) is 10.1. The van der Waals surface area contributed by atoms with Crippen molar-refractivity contribution in [3.8, 4) is 0 Å². The van der Waals surface area contributed by atoms with Crippen molar-refractivity contribution in [3.63, 3.8) is 0 Å². The van der Waals surface area contributed by atoms with E-state index in [9.17, 15) is 9.18 Å². The Bertz CT molecular complexity index is 714. The minimum atomic E-state index is -0.233. The van der Waals surface area contributed by atoms with E-state index in [-0.39, 0.29) is 17.4 Å². The van der Waals surface area contributed by atoms with Crippen molar-refractivity contribution in [2.24, 2.45) is 0 Å². The second-order valence-corrected chi connectivity index (χ2v) is 6.17. The average molecular weight is 351 g/mol. The summed E-state index contributed by atoms with van der Waals surface area (Å²) in [6.07, 6.45) is 2.97. The van der Waals surface area contributed by atoms with Gasteiger partial charge in [0.25, 0.3) is 0 Å². The molecular weight excluding hydrogens is 335 g/mol. The summed E-state index contributed by atoms with van der Waals surface area (Å²) in [6.45, 7) is 0.585. The molecule has 0 saturated heterocycles. The van der Waals surface area contributed by atoms with Gasteiger partial charge in [-0.25, -0.2) is 4.39 Å². The molecule has 0 amide bonds. The van der Waals surface area contributed by atoms with Crippen molar-refractivity contribution in [1.29, 1.82) is 0 Å². The molecule has 0 radical (unpaired) electrons. The van der Waals surface area contributed by atoms with E-state index in [1.54, 1.807) is 12.1 Å². The standard InChI is InChI=1S/C16H16BrFN2O/c17-13-6-4-11(18)8-10(13)9-19-14-2-1-3-15-12(14)5-7-16(21)20-15/h4-8,14,19H,1-3,9H2,(H,20,21). The lowest BCUT2D eigenvalue weighted by atomic mass is 9.91. The SMILES string of the molecule is O=c1ccc2c([nH]1)CCCC2NCc1cc(F)ccc1Br. The molecule has 2 N–H and O–H groups in total. The van der Waals surface area contributed by atoms with Gasteiger partial charge < -0.3 is 10.3 Å². The highest BCUT2D eigenvalue weighted by Gasteiger charge is 2.20. The van der Waals surface area contributed by atoms with Crippen molar-refractivity contribution in [3.05, 3.63) is 67.8 Å². The smallest absolute Gasteiger partial charge is 0.248 e. The Hall–Kier alpha value is -1.46. The van der Waals surface area contributed by atoms with Crippen molar-refractivity contribution in [2.45, 2.75) is 31.8 Å². The summed E-state index contributed by atoms with van der Waals surface area (Å²) < 4.78 is 14.2. The highest BCUT2D eigenvalue weighted by atomic mass is 79.9. The number of H-pyrrole nitrogens is 1. The zero-order valence-corrected chi connectivity index (χ0v) is 13.0. The molecule has 0 saturated carbocycles. The third-order valence-corrected chi connectivity index (χ3v) is 4.65. The first-order valence-corrected chi connectivity index (χ1v) is 7.82. The largest absolute Gasteiger partial charge is 0.326 e. The van der Waals surface area contributed by atoms with E-state index in [4.69, 9.17) is 0 Å². The predicted molar refractivity (Wildman–Crippen MR) is 83.7 cm³/mol. The second-order valence-electron chi connectivity index (χ2n) is 5.32. The van der Waals surface area contributed by atoms with Gasteiger partial charge in [-0.1, -0.05) is 22.0 Å². The molecule has 0 spiro atoms. The molecule has 1 unspecified atom stereocenters. The van der Waals surface area contributed by atoms with Crippen molar-refractivity contribution >= 4 is 15.9 Å². The fourth-order valence-electron chi connectivity index (χ4n) is 2.82. The molecule has 5 heteroatoms. The Balaban J connectivity index is 1.78. The molecular formula is C16H16BrFN2O. The molecule has 1 aliphatic carbocycles. The molecule has 1 atom stereocenters. The topological polar surface area (TPSA) is 44.9 Å². The molecule has 3 nitrogen and oxygen atoms in total. The summed E-state index contributed by atoms with van der Waals surface area (Å²) in [4.78, 5) is 14.3. The van der Waals surface area contributed by atoms with Gasteiger partial charge in [0.2, 0.25) is 5.56 Å². The number of rotatable bonds is 3. The Kier molecular flexibility index (Phi) is 4.22. The summed E-state index contributed by atoms with van der Waals surface area (Å²) in [6, 6.07) is 8.35. The molecule has 1 heterocycles. The number of hydrogen-bond donors (Lipinski definition) is 2. The van der Waals surface area contributed by atoms with Crippen LogP contribution in [0.15, 0.2) is 39.6 Å². The van der Waals surface area contributed by atoms with E-state index in [2.05, 4.69) is 26.2 Å². The highest BCUT2D eigenvalue weighted by molar-refractivity contribution is 9.10. The van der Waals surface area contributed by atoms with Gasteiger partial charge in [0.15, 0.2) is 0 Å². The molecule has 1 aromatic carbocycles. The lowest BCUT2D eigenvalue weighted by Crippen LogP contribution is -2.27. The number of aromatic amines is 1. The fraction of sp³-hybridized carbons (Fsp3) is 0.312. The van der Waals surface area contributed by atoms with Gasteiger partial charge in [0.1, 0.15) is 5.82 Å². The normalized spacial score (nSPS) is 17.5. The molecule has 110 valence electrons. The van der Waals surface area contributed by atoms with Crippen LogP contribution in [0, 0.1) is 5.82 Å². The van der Waals surface area contributed by atoms with Crippen LogP contribution in [0.1, 0.15) is 35.7 Å². The van der Waals surface area contributed by atoms with Crippen LogP contribution in [-0.4, -0.2) is 4.98 Å². The molecule has 2 aromatic rings. The average Bonchev–Trinajstić information content (AvgIpc) is 2.47. The maximum atomic E-state index is 13.3. The van der Waals surface area contributed by atoms with E-state index in [0.29, 0.717) is 6.54 Å². The van der Waals surface area contributed by atoms with Crippen molar-refractivity contribution in [2.75, 3.05) is 0 Å². The van der Waals surface area contributed by atoms with Crippen LogP contribution < -0.4 is 10.9 Å². The Morgan fingerprint density at radius 3 is 3.05 bits per heavy atom. The molecule has 21 heavy (non-hydrogen) atoms. The number of fused-ring (bicyclic) bond motifs is 1. The van der Waals surface area contributed by atoms with E-state index in [1.165, 1.54) is 12.1 Å². The summed E-state index contributed by atoms with van der Waals surface area (Å²) in [7, 11) is 0. The lowest BCUT2D eigenvalue weighted by Gasteiger charge is -2.26. The van der Waals surface area contributed by atoms with Gasteiger partial charge in [0, 0.05) is 28.8 Å². The number of halogens is 2. The lowest BCUT2D eigenvalue weighted by molar-refractivity contribution is 0.452. The quantitative estimate of drug-likeness (QED) is 0.890. The van der Waals surface area contributed by atoms with Crippen LogP contribution in [0.3, 0.4) is 0 Å². The van der Waals surface area contributed by atoms with Crippen molar-refractivity contribution < 1.29 is 4.39 Å². The first kappa shape index (κ1) is 14.5. The number of aryl methyl sites for hydroxylation is 1. The molecule has 0 bridgehead atoms. The van der Waals surface area contributed by atoms with Gasteiger partial charge in [-0.3, -0.25) is 4.79 Å². The third-order valence-electron chi connectivity index (χ3n) is 3.88. The van der Waals surface area contributed by atoms with Crippen LogP contribution in [0.5, 0.6) is 0 Å². The minimum Gasteiger partial charge on any atom is -0.326 e. The van der Waals surface area contributed by atoms with Gasteiger partial charge in [-0.2, -0.15) is 0 Å². The number of pyridine rings is 1. The monoisotopic (exact) mass is 350 g/mol. The zero-order valence-electron chi connectivity index (χ0n) is 11.5. The van der Waals surface area contributed by atoms with E-state index in [0.717, 1.165) is 40.6 Å². The number of aromatic nitrogens is 1. The molecule has 1 aromatic heterocycles. The predicted octanol–water partition coefficient (Wildman–Crippen LogP) is 3.44. The van der Waals surface area contributed by atoms with Crippen LogP contribution in [0.25, 0.3) is 0 Å². The van der Waals surface area contributed by atoms with E-state index < -0.39 is 0 Å². The summed E-state index contributed by atoms with van der Waals surface area (Å²) >= 11 is 3.44. The van der Waals surface area contributed by atoms with E-state index >= 15 is 0 Å². The zero-order chi connectivity index (χ0) is 14.8. The van der Waals surface area contributed by atoms with Crippen LogP contribution in [0.2, 0.25) is 0 Å². The summed E-state index contributed by atoms with van der Waals surface area (Å²) in [5.74, 6) is -0.233. The highest BCUT2D eigenvalue weighted by Crippen LogP contribution is 2.28. The first-order valence-electron chi connectivity index (χ1n) is 7.03. The molecule has 1 aliphatic rings. The molecule has 0 fully saturated rings. The summed E-state index contributed by atoms with van der Waals surface area (Å²) in [5.41, 5.74) is 3.01. The number of nitrogens with one attached hydrogen (secondary N) is 2. The molecule has 0 aliphatic heterocycles. The van der Waals surface area contributed by atoms with Gasteiger partial charge in [-0.05, 0) is 48.6 Å². The Labute approximate surface area is 130 Å². The number of benzene rings is 1. The second kappa shape index (κ2) is 6.12. The van der Waals surface area contributed by atoms with Crippen molar-refractivity contribution in [1.82, 2.24) is 10.3 Å². The van der Waals surface area contributed by atoms with Gasteiger partial charge >= 0.3 is 0 Å². The summed E-state index contributed by atoms with van der Waals surface area (Å²) in [5, 5.41) is 3.46. The maximum Gasteiger partial charge on any atom is 0.248 e. The van der Waals surface area contributed by atoms with E-state index in [1.807, 2.05) is 6.07 Å². The third kappa shape index (κ3) is 3.24. The van der Waals surface area contributed by atoms with Gasteiger partial charge in [0.05, 0.1) is 0 Å². The number of hydrogen-bond acceptors (Lipinski definition) is 2. The van der Waals surface area contributed by atoms with Crippen LogP contribution in [-0.2, 0) is 13.0 Å². The van der Waals surface area contributed by atoms with Gasteiger partial charge in [-0.15, -0.1) is 0 Å². The molecule has 3 rings (SSSR count). The Morgan fingerprint density at radius 2 is 2.19 bits per heavy atom. The fourth-order valence-corrected chi connectivity index (χ4v) is 3.21. The minimum absolute atomic E-state index is 0.0534. The maximum absolute atomic E-state index is 13.3. The van der Waals surface area contributed by atoms with Crippen LogP contribution >= 0.6 is 15.9 Å².